The molecule has 4 rings (SSSR count). The maximum absolute atomic E-state index is 12.8. The molecule has 4 aromatic rings. The second kappa shape index (κ2) is 7.07. The molecule has 0 fully saturated rings. The van der Waals surface area contributed by atoms with Gasteiger partial charge in [-0.25, -0.2) is 9.97 Å². The summed E-state index contributed by atoms with van der Waals surface area (Å²) >= 11 is 0. The summed E-state index contributed by atoms with van der Waals surface area (Å²) in [4.78, 5) is 22.2. The Labute approximate surface area is 157 Å². The van der Waals surface area contributed by atoms with Gasteiger partial charge < -0.3 is 15.6 Å². The molecule has 2 heterocycles. The van der Waals surface area contributed by atoms with Gasteiger partial charge in [0.05, 0.1) is 17.6 Å². The number of hydrogen-bond donors (Lipinski definition) is 2. The van der Waals surface area contributed by atoms with Gasteiger partial charge in [-0.2, -0.15) is 0 Å². The molecular weight excluding hydrogens is 338 g/mol. The van der Waals surface area contributed by atoms with Crippen LogP contribution in [0.3, 0.4) is 0 Å². The topological polar surface area (TPSA) is 85.8 Å². The third-order valence-corrected chi connectivity index (χ3v) is 4.54. The van der Waals surface area contributed by atoms with Crippen molar-refractivity contribution in [1.29, 1.82) is 0 Å². The first kappa shape index (κ1) is 17.0. The fraction of sp³-hybridized carbons (Fsp3) is 0.190. The van der Waals surface area contributed by atoms with Gasteiger partial charge in [0.2, 0.25) is 0 Å². The van der Waals surface area contributed by atoms with E-state index in [1.54, 1.807) is 0 Å². The van der Waals surface area contributed by atoms with Crippen LogP contribution in [-0.2, 0) is 6.54 Å². The third-order valence-electron chi connectivity index (χ3n) is 4.54. The van der Waals surface area contributed by atoms with Crippen LogP contribution in [0.15, 0.2) is 54.6 Å². The van der Waals surface area contributed by atoms with Crippen molar-refractivity contribution >= 4 is 33.9 Å². The van der Waals surface area contributed by atoms with E-state index in [9.17, 15) is 4.79 Å². The number of carbonyl (C=O) groups excluding carboxylic acids is 1. The van der Waals surface area contributed by atoms with E-state index in [2.05, 4.69) is 5.32 Å². The molecule has 27 heavy (non-hydrogen) atoms. The summed E-state index contributed by atoms with van der Waals surface area (Å²) in [6.45, 7) is 3.12. The molecule has 6 heteroatoms. The van der Waals surface area contributed by atoms with Gasteiger partial charge in [0.25, 0.3) is 5.91 Å². The highest BCUT2D eigenvalue weighted by Gasteiger charge is 2.23. The first-order valence-corrected chi connectivity index (χ1v) is 9.05. The fourth-order valence-electron chi connectivity index (χ4n) is 3.19. The third kappa shape index (κ3) is 3.10. The molecule has 0 saturated carbocycles. The number of aromatic nitrogens is 3. The number of amides is 1. The number of para-hydroxylation sites is 2. The van der Waals surface area contributed by atoms with Gasteiger partial charge in [-0.15, -0.1) is 0 Å². The van der Waals surface area contributed by atoms with Crippen LogP contribution >= 0.6 is 0 Å². The molecule has 1 amide bonds. The van der Waals surface area contributed by atoms with Gasteiger partial charge in [0, 0.05) is 6.54 Å². The summed E-state index contributed by atoms with van der Waals surface area (Å²) in [5.41, 5.74) is 10.6. The lowest BCUT2D eigenvalue weighted by molar-refractivity contribution is 0.0956. The molecule has 0 radical (unpaired) electrons. The van der Waals surface area contributed by atoms with Crippen LogP contribution in [0.5, 0.6) is 0 Å². The summed E-state index contributed by atoms with van der Waals surface area (Å²) in [5.74, 6) is 0.175. The summed E-state index contributed by atoms with van der Waals surface area (Å²) in [5, 5.41) is 2.91. The van der Waals surface area contributed by atoms with Crippen molar-refractivity contribution in [3.8, 4) is 0 Å². The molecule has 0 aliphatic heterocycles. The Morgan fingerprint density at radius 3 is 2.41 bits per heavy atom. The van der Waals surface area contributed by atoms with E-state index in [4.69, 9.17) is 15.7 Å². The van der Waals surface area contributed by atoms with Crippen molar-refractivity contribution in [2.45, 2.75) is 19.9 Å². The highest BCUT2D eigenvalue weighted by atomic mass is 16.1. The summed E-state index contributed by atoms with van der Waals surface area (Å²) in [7, 11) is 0. The van der Waals surface area contributed by atoms with Gasteiger partial charge in [0.15, 0.2) is 5.65 Å². The lowest BCUT2D eigenvalue weighted by Gasteiger charge is -2.08. The average molecular weight is 359 g/mol. The van der Waals surface area contributed by atoms with Crippen molar-refractivity contribution in [1.82, 2.24) is 19.9 Å². The number of nitrogen functional groups attached to an aromatic ring is 1. The smallest absolute Gasteiger partial charge is 0.257 e. The number of fused-ring (bicyclic) bond motifs is 2. The van der Waals surface area contributed by atoms with E-state index < -0.39 is 0 Å². The zero-order valence-electron chi connectivity index (χ0n) is 15.1. The molecule has 0 bridgehead atoms. The lowest BCUT2D eigenvalue weighted by atomic mass is 10.2. The molecule has 0 atom stereocenters. The molecule has 6 nitrogen and oxygen atoms in total. The van der Waals surface area contributed by atoms with Crippen LogP contribution in [0.4, 0.5) is 5.82 Å². The van der Waals surface area contributed by atoms with Crippen molar-refractivity contribution in [3.05, 3.63) is 65.7 Å². The minimum absolute atomic E-state index is 0.212. The van der Waals surface area contributed by atoms with Crippen LogP contribution in [0.1, 0.15) is 29.3 Å². The van der Waals surface area contributed by atoms with E-state index in [-0.39, 0.29) is 5.91 Å². The number of nitrogens with zero attached hydrogens (tertiary/aromatic N) is 3. The number of carbonyl (C=O) groups is 1. The molecule has 2 aromatic heterocycles. The Morgan fingerprint density at radius 1 is 1.04 bits per heavy atom. The second-order valence-corrected chi connectivity index (χ2v) is 6.47. The Bertz CT molecular complexity index is 1120. The van der Waals surface area contributed by atoms with Crippen LogP contribution in [0.2, 0.25) is 0 Å². The summed E-state index contributed by atoms with van der Waals surface area (Å²) in [6, 6.07) is 17.6. The number of anilines is 1. The summed E-state index contributed by atoms with van der Waals surface area (Å²) in [6.07, 6.45) is 0.850. The van der Waals surface area contributed by atoms with Crippen molar-refractivity contribution in [2.75, 3.05) is 12.3 Å². The molecule has 0 unspecified atom stereocenters. The van der Waals surface area contributed by atoms with Crippen molar-refractivity contribution in [3.63, 3.8) is 0 Å². The number of nitrogens with two attached hydrogens (primary N) is 1. The molecule has 0 aliphatic rings. The largest absolute Gasteiger partial charge is 0.384 e. The zero-order chi connectivity index (χ0) is 18.8. The van der Waals surface area contributed by atoms with Gasteiger partial charge in [0.1, 0.15) is 16.9 Å². The second-order valence-electron chi connectivity index (χ2n) is 6.47. The molecule has 3 N–H and O–H groups in total. The van der Waals surface area contributed by atoms with Crippen molar-refractivity contribution < 1.29 is 4.79 Å². The van der Waals surface area contributed by atoms with E-state index >= 15 is 0 Å². The monoisotopic (exact) mass is 359 g/mol. The first-order valence-electron chi connectivity index (χ1n) is 9.05. The Balaban J connectivity index is 1.93. The summed E-state index contributed by atoms with van der Waals surface area (Å²) < 4.78 is 1.87. The molecular formula is C21H21N5O. The Hall–Kier alpha value is -3.41. The van der Waals surface area contributed by atoms with Crippen LogP contribution in [0.25, 0.3) is 22.2 Å². The quantitative estimate of drug-likeness (QED) is 0.572. The molecule has 2 aromatic carbocycles. The SMILES string of the molecule is CCCNC(=O)c1c(N)n(Cc2ccccc2)c2nc3ccccc3nc12. The minimum atomic E-state index is -0.212. The number of nitrogens with one attached hydrogen (secondary N) is 1. The molecule has 136 valence electrons. The van der Waals surface area contributed by atoms with Crippen LogP contribution in [-0.4, -0.2) is 27.0 Å². The van der Waals surface area contributed by atoms with Gasteiger partial charge >= 0.3 is 0 Å². The first-order chi connectivity index (χ1) is 13.2. The van der Waals surface area contributed by atoms with Gasteiger partial charge in [-0.05, 0) is 24.1 Å². The zero-order valence-corrected chi connectivity index (χ0v) is 15.1. The minimum Gasteiger partial charge on any atom is -0.384 e. The number of hydrogen-bond acceptors (Lipinski definition) is 4. The molecule has 0 saturated heterocycles. The van der Waals surface area contributed by atoms with E-state index in [1.807, 2.05) is 66.1 Å². The highest BCUT2D eigenvalue weighted by Crippen LogP contribution is 2.28. The lowest BCUT2D eigenvalue weighted by Crippen LogP contribution is -2.25. The normalized spacial score (nSPS) is 11.1. The van der Waals surface area contributed by atoms with Crippen LogP contribution < -0.4 is 11.1 Å². The Morgan fingerprint density at radius 2 is 1.70 bits per heavy atom. The fourth-order valence-corrected chi connectivity index (χ4v) is 3.19. The molecule has 0 aliphatic carbocycles. The molecule has 0 spiro atoms. The number of benzene rings is 2. The standard InChI is InChI=1S/C21H21N5O/c1-2-12-23-21(27)17-18-20(25-16-11-7-6-10-15(16)24-18)26(19(17)22)13-14-8-4-3-5-9-14/h3-11H,2,12-13,22H2,1H3,(H,23,27). The van der Waals surface area contributed by atoms with Gasteiger partial charge in [-0.3, -0.25) is 4.79 Å². The average Bonchev–Trinajstić information content (AvgIpc) is 2.96. The maximum atomic E-state index is 12.8. The van der Waals surface area contributed by atoms with Gasteiger partial charge in [-0.1, -0.05) is 49.4 Å². The van der Waals surface area contributed by atoms with E-state index in [0.29, 0.717) is 35.6 Å². The predicted octanol–water partition coefficient (Wildman–Crippen LogP) is 3.35. The van der Waals surface area contributed by atoms with Crippen molar-refractivity contribution in [2.24, 2.45) is 0 Å². The predicted molar refractivity (Wildman–Crippen MR) is 108 cm³/mol. The Kier molecular flexibility index (Phi) is 4.46. The highest BCUT2D eigenvalue weighted by molar-refractivity contribution is 6.10. The van der Waals surface area contributed by atoms with Crippen LogP contribution in [0, 0.1) is 0 Å². The number of rotatable bonds is 5. The van der Waals surface area contributed by atoms with E-state index in [1.165, 1.54) is 0 Å². The maximum Gasteiger partial charge on any atom is 0.257 e. The van der Waals surface area contributed by atoms with E-state index in [0.717, 1.165) is 23.0 Å².